The van der Waals surface area contributed by atoms with Crippen LogP contribution in [0.4, 0.5) is 0 Å². The molecule has 8 heteroatoms. The number of carbonyl (C=O) groups is 1. The van der Waals surface area contributed by atoms with Gasteiger partial charge in [0.05, 0.1) is 18.3 Å². The van der Waals surface area contributed by atoms with Crippen LogP contribution in [0.25, 0.3) is 0 Å². The van der Waals surface area contributed by atoms with Crippen molar-refractivity contribution in [3.05, 3.63) is 0 Å². The zero-order valence-electron chi connectivity index (χ0n) is 33.9. The van der Waals surface area contributed by atoms with E-state index < -0.39 is 0 Å². The van der Waals surface area contributed by atoms with Crippen LogP contribution in [0.2, 0.25) is 0 Å². The van der Waals surface area contributed by atoms with E-state index in [4.69, 9.17) is 31.4 Å². The van der Waals surface area contributed by atoms with Crippen LogP contribution in [-0.4, -0.2) is 81.7 Å². The van der Waals surface area contributed by atoms with E-state index in [2.05, 4.69) is 39.5 Å². The van der Waals surface area contributed by atoms with Gasteiger partial charge >= 0.3 is 0 Å². The maximum atomic E-state index is 13.7. The highest BCUT2D eigenvalue weighted by Crippen LogP contribution is 2.69. The second-order valence-corrected chi connectivity index (χ2v) is 17.8. The Balaban J connectivity index is 1.56. The lowest BCUT2D eigenvalue weighted by molar-refractivity contribution is -0.227. The number of carbonyl (C=O) groups excluding carboxylic acids is 1. The van der Waals surface area contributed by atoms with Crippen molar-refractivity contribution in [3.63, 3.8) is 0 Å². The van der Waals surface area contributed by atoms with Gasteiger partial charge in [-0.2, -0.15) is 0 Å². The summed E-state index contributed by atoms with van der Waals surface area (Å²) in [6.07, 6.45) is 20.4. The molecule has 0 saturated heterocycles. The van der Waals surface area contributed by atoms with Gasteiger partial charge in [0.15, 0.2) is 0 Å². The van der Waals surface area contributed by atoms with Crippen molar-refractivity contribution in [3.8, 4) is 0 Å². The Morgan fingerprint density at radius 1 is 0.765 bits per heavy atom. The van der Waals surface area contributed by atoms with Crippen molar-refractivity contribution in [2.45, 2.75) is 169 Å². The molecule has 0 aromatic carbocycles. The Hall–Kier alpha value is -0.770. The second-order valence-electron chi connectivity index (χ2n) is 17.8. The Bertz CT molecular complexity index is 991. The van der Waals surface area contributed by atoms with E-state index >= 15 is 0 Å². The molecule has 4 saturated carbocycles. The molecule has 6 N–H and O–H groups in total. The van der Waals surface area contributed by atoms with E-state index in [1.165, 1.54) is 44.9 Å². The summed E-state index contributed by atoms with van der Waals surface area (Å²) < 4.78 is 20.4. The third-order valence-corrected chi connectivity index (χ3v) is 14.7. The van der Waals surface area contributed by atoms with E-state index in [1.807, 2.05) is 0 Å². The third-order valence-electron chi connectivity index (χ3n) is 14.7. The molecule has 6 unspecified atom stereocenters. The number of hydrogen-bond donors (Lipinski definition) is 3. The minimum absolute atomic E-state index is 0.0569. The largest absolute Gasteiger partial charge is 0.378 e. The number of amides is 1. The topological polar surface area (TPSA) is 126 Å². The van der Waals surface area contributed by atoms with E-state index in [1.54, 1.807) is 0 Å². The molecule has 4 aliphatic carbocycles. The normalized spacial score (nSPS) is 35.2. The number of rotatable bonds is 24. The van der Waals surface area contributed by atoms with E-state index in [9.17, 15) is 4.79 Å². The summed E-state index contributed by atoms with van der Waals surface area (Å²) >= 11 is 0. The highest BCUT2D eigenvalue weighted by Gasteiger charge is 2.66. The summed E-state index contributed by atoms with van der Waals surface area (Å²) in [6.45, 7) is 18.3. The van der Waals surface area contributed by atoms with Crippen LogP contribution < -0.4 is 17.2 Å². The first-order valence-corrected chi connectivity index (χ1v) is 21.9. The van der Waals surface area contributed by atoms with Gasteiger partial charge in [-0.25, -0.2) is 0 Å². The van der Waals surface area contributed by atoms with Gasteiger partial charge in [0.1, 0.15) is 0 Å². The molecular formula is C43H82N4O4. The average Bonchev–Trinajstić information content (AvgIpc) is 3.48. The zero-order chi connectivity index (χ0) is 36.9. The second kappa shape index (κ2) is 21.4. The fourth-order valence-corrected chi connectivity index (χ4v) is 11.8. The van der Waals surface area contributed by atoms with E-state index in [0.717, 1.165) is 97.1 Å². The highest BCUT2D eigenvalue weighted by atomic mass is 16.5. The van der Waals surface area contributed by atoms with E-state index in [-0.39, 0.29) is 23.0 Å². The fraction of sp³-hybridized carbons (Fsp3) is 0.977. The van der Waals surface area contributed by atoms with Crippen LogP contribution in [-0.2, 0) is 19.0 Å². The molecule has 0 aromatic heterocycles. The summed E-state index contributed by atoms with van der Waals surface area (Å²) in [5, 5.41) is 0. The number of ether oxygens (including phenoxy) is 3. The van der Waals surface area contributed by atoms with Crippen molar-refractivity contribution >= 4 is 5.91 Å². The first-order valence-electron chi connectivity index (χ1n) is 21.9. The molecule has 0 spiro atoms. The van der Waals surface area contributed by atoms with Crippen LogP contribution in [0, 0.1) is 46.3 Å². The zero-order valence-corrected chi connectivity index (χ0v) is 33.9. The van der Waals surface area contributed by atoms with Crippen LogP contribution in [0.15, 0.2) is 0 Å². The van der Waals surface area contributed by atoms with Crippen molar-refractivity contribution in [1.29, 1.82) is 0 Å². The molecule has 51 heavy (non-hydrogen) atoms. The molecule has 4 aliphatic rings. The number of nitrogens with zero attached hydrogens (tertiary/aromatic N) is 1. The smallest absolute Gasteiger partial charge is 0.222 e. The van der Waals surface area contributed by atoms with E-state index in [0.29, 0.717) is 73.6 Å². The molecule has 4 fully saturated rings. The summed E-state index contributed by atoms with van der Waals surface area (Å²) in [4.78, 5) is 15.9. The van der Waals surface area contributed by atoms with Crippen LogP contribution >= 0.6 is 0 Å². The lowest BCUT2D eigenvalue weighted by Crippen LogP contribution is -2.63. The highest BCUT2D eigenvalue weighted by molar-refractivity contribution is 5.76. The van der Waals surface area contributed by atoms with Gasteiger partial charge in [0.25, 0.3) is 0 Å². The Kier molecular flexibility index (Phi) is 18.0. The number of fused-ring (bicyclic) bond motifs is 5. The van der Waals surface area contributed by atoms with Gasteiger partial charge in [0.2, 0.25) is 5.91 Å². The average molecular weight is 719 g/mol. The molecular weight excluding hydrogens is 636 g/mol. The van der Waals surface area contributed by atoms with Gasteiger partial charge in [-0.1, -0.05) is 60.3 Å². The molecule has 298 valence electrons. The molecule has 4 rings (SSSR count). The minimum atomic E-state index is 0.0569. The molecule has 1 amide bonds. The quantitative estimate of drug-likeness (QED) is 0.0874. The molecule has 11 atom stereocenters. The molecule has 0 radical (unpaired) electrons. The summed E-state index contributed by atoms with van der Waals surface area (Å²) in [6, 6.07) is 0. The molecule has 0 aliphatic heterocycles. The number of unbranched alkanes of at least 4 members (excludes halogenated alkanes) is 4. The first kappa shape index (κ1) is 43.0. The Morgan fingerprint density at radius 2 is 1.39 bits per heavy atom. The monoisotopic (exact) mass is 719 g/mol. The van der Waals surface area contributed by atoms with Gasteiger partial charge in [-0.15, -0.1) is 0 Å². The lowest BCUT2D eigenvalue weighted by Gasteiger charge is -2.65. The fourth-order valence-electron chi connectivity index (χ4n) is 11.8. The number of nitrogens with two attached hydrogens (primary N) is 3. The maximum Gasteiger partial charge on any atom is 0.222 e. The van der Waals surface area contributed by atoms with Gasteiger partial charge in [-0.05, 0) is 144 Å². The van der Waals surface area contributed by atoms with Crippen LogP contribution in [0.1, 0.15) is 150 Å². The minimum Gasteiger partial charge on any atom is -0.378 e. The summed E-state index contributed by atoms with van der Waals surface area (Å²) in [5.41, 5.74) is 18.1. The third kappa shape index (κ3) is 10.5. The van der Waals surface area contributed by atoms with Crippen LogP contribution in [0.3, 0.4) is 0 Å². The van der Waals surface area contributed by atoms with Gasteiger partial charge < -0.3 is 36.3 Å². The molecule has 0 bridgehead atoms. The molecule has 8 nitrogen and oxygen atoms in total. The van der Waals surface area contributed by atoms with Gasteiger partial charge in [-0.3, -0.25) is 4.79 Å². The Morgan fingerprint density at radius 3 is 2.02 bits per heavy atom. The SMILES string of the molecule is CCCCCN(CCCCC)C(=O)CC[C@@H](C)C1CC[C@H]2C3C(OCCCN)CC4C[C@H](OCCCN)CCC4(C)[C@H]3C[C@H](OCCCN)C12C. The van der Waals surface area contributed by atoms with Crippen molar-refractivity contribution < 1.29 is 19.0 Å². The van der Waals surface area contributed by atoms with Crippen LogP contribution in [0.5, 0.6) is 0 Å². The maximum absolute atomic E-state index is 13.7. The predicted molar refractivity (Wildman–Crippen MR) is 210 cm³/mol. The van der Waals surface area contributed by atoms with Crippen molar-refractivity contribution in [2.75, 3.05) is 52.5 Å². The molecule has 0 heterocycles. The summed E-state index contributed by atoms with van der Waals surface area (Å²) in [7, 11) is 0. The Labute approximate surface area is 313 Å². The van der Waals surface area contributed by atoms with Gasteiger partial charge in [0, 0.05) is 44.7 Å². The first-order chi connectivity index (χ1) is 24.7. The summed E-state index contributed by atoms with van der Waals surface area (Å²) in [5.74, 6) is 3.63. The predicted octanol–water partition coefficient (Wildman–Crippen LogP) is 7.69. The standard InChI is InChI=1S/C43H82N4O4/c1-6-8-10-24-47(25-11-9-7-2)40(48)18-15-32(3)35-16-17-36-41-37(31-39(43(35,36)5)51-28-14-23-46)42(4)20-19-34(49-26-12-21-44)29-33(42)30-38(41)50-27-13-22-45/h32-39,41H,6-31,44-46H2,1-5H3/t32-,33?,34-,35?,36+,37+,38?,39+,41?,42?,43?/m1/s1. The van der Waals surface area contributed by atoms with Crippen molar-refractivity contribution in [2.24, 2.45) is 63.5 Å². The lowest BCUT2D eigenvalue weighted by atomic mass is 9.43. The number of hydrogen-bond acceptors (Lipinski definition) is 7. The van der Waals surface area contributed by atoms with Crippen molar-refractivity contribution in [1.82, 2.24) is 4.90 Å². The molecule has 0 aromatic rings.